The summed E-state index contributed by atoms with van der Waals surface area (Å²) in [5.41, 5.74) is 0. The predicted molar refractivity (Wildman–Crippen MR) is 40.0 cm³/mol. The third kappa shape index (κ3) is 2.35. The molecule has 0 aromatic rings. The third-order valence-corrected chi connectivity index (χ3v) is 1.52. The van der Waals surface area contributed by atoms with E-state index in [1.165, 1.54) is 0 Å². The molecule has 0 fully saturated rings. The van der Waals surface area contributed by atoms with Crippen LogP contribution in [-0.2, 0) is 4.79 Å². The topological polar surface area (TPSA) is 40.5 Å². The number of rotatable bonds is 3. The van der Waals surface area contributed by atoms with Crippen LogP contribution in [0, 0.1) is 0 Å². The zero-order valence-corrected chi connectivity index (χ0v) is 6.66. The molecule has 0 rings (SSSR count). The fourth-order valence-corrected chi connectivity index (χ4v) is 0.589. The van der Waals surface area contributed by atoms with Crippen LogP contribution in [0.25, 0.3) is 0 Å². The summed E-state index contributed by atoms with van der Waals surface area (Å²) in [4.78, 5) is 12.1. The summed E-state index contributed by atoms with van der Waals surface area (Å²) in [6, 6.07) is -0.453. The van der Waals surface area contributed by atoms with E-state index >= 15 is 0 Å². The number of hydrogen-bond acceptors (Lipinski definition) is 2. The largest absolute Gasteiger partial charge is 0.480 e. The van der Waals surface area contributed by atoms with Gasteiger partial charge in [0.05, 0.1) is 0 Å². The van der Waals surface area contributed by atoms with Gasteiger partial charge in [-0.2, -0.15) is 0 Å². The summed E-state index contributed by atoms with van der Waals surface area (Å²) in [7, 11) is 0.0329. The Morgan fingerprint density at radius 3 is 2.20 bits per heavy atom. The van der Waals surface area contributed by atoms with Crippen LogP contribution in [0.1, 0.15) is 22.1 Å². The van der Waals surface area contributed by atoms with Crippen LogP contribution in [-0.4, -0.2) is 35.1 Å². The summed E-state index contributed by atoms with van der Waals surface area (Å²) in [6.07, 6.45) is 0. The van der Waals surface area contributed by atoms with Crippen LogP contribution in [0.15, 0.2) is 0 Å². The van der Waals surface area contributed by atoms with Crippen molar-refractivity contribution in [3.8, 4) is 0 Å². The molecule has 0 unspecified atom stereocenters. The van der Waals surface area contributed by atoms with Gasteiger partial charge < -0.3 is 5.11 Å². The normalized spacial score (nSPS) is 15.5. The molecule has 0 heterocycles. The van der Waals surface area contributed by atoms with Crippen molar-refractivity contribution in [3.05, 3.63) is 0 Å². The molecule has 0 aliphatic heterocycles. The Morgan fingerprint density at radius 2 is 2.10 bits per heavy atom. The molecule has 0 aromatic carbocycles. The zero-order valence-electron chi connectivity index (χ0n) is 7.66. The molecule has 0 aromatic heterocycles. The Kier molecular flexibility index (Phi) is 2.68. The van der Waals surface area contributed by atoms with Crippen LogP contribution in [0.5, 0.6) is 0 Å². The smallest absolute Gasteiger partial charge is 0.320 e. The summed E-state index contributed by atoms with van der Waals surface area (Å²) in [5, 5.41) is 8.61. The molecule has 3 nitrogen and oxygen atoms in total. The van der Waals surface area contributed by atoms with Crippen molar-refractivity contribution in [2.24, 2.45) is 0 Å². The fourth-order valence-electron chi connectivity index (χ4n) is 0.589. The maximum Gasteiger partial charge on any atom is 0.320 e. The van der Waals surface area contributed by atoms with Crippen molar-refractivity contribution in [1.82, 2.24) is 4.90 Å². The van der Waals surface area contributed by atoms with Gasteiger partial charge in [-0.15, -0.1) is 0 Å². The number of hydrogen-bond donors (Lipinski definition) is 1. The number of carbonyl (C=O) groups is 1. The Labute approximate surface area is 63.0 Å². The molecular formula is C7H15NO2. The van der Waals surface area contributed by atoms with Gasteiger partial charge in [0, 0.05) is 7.41 Å². The lowest BCUT2D eigenvalue weighted by Gasteiger charge is -2.24. The Balaban J connectivity index is 4.13. The Hall–Kier alpha value is -0.570. The number of likely N-dealkylation sites (N-methyl/N-ethyl adjacent to an activating group) is 1. The number of carboxylic acid groups (broad SMARTS) is 1. The van der Waals surface area contributed by atoms with Gasteiger partial charge in [0.1, 0.15) is 6.04 Å². The van der Waals surface area contributed by atoms with Gasteiger partial charge in [-0.1, -0.05) is 0 Å². The molecular weight excluding hydrogens is 130 g/mol. The maximum atomic E-state index is 10.5. The van der Waals surface area contributed by atoms with Gasteiger partial charge in [0.15, 0.2) is 0 Å². The molecule has 0 aliphatic carbocycles. The minimum absolute atomic E-state index is 0.0329. The molecule has 0 aliphatic rings. The Bertz CT molecular complexity index is 138. The first kappa shape index (κ1) is 7.54. The first-order chi connectivity index (χ1) is 5.00. The molecule has 1 atom stereocenters. The average Bonchev–Trinajstić information content (AvgIpc) is 1.88. The molecule has 0 amide bonds. The van der Waals surface area contributed by atoms with Gasteiger partial charge >= 0.3 is 5.97 Å². The highest BCUT2D eigenvalue weighted by Crippen LogP contribution is 2.00. The van der Waals surface area contributed by atoms with E-state index in [4.69, 9.17) is 6.48 Å². The van der Waals surface area contributed by atoms with Gasteiger partial charge in [-0.3, -0.25) is 9.69 Å². The lowest BCUT2D eigenvalue weighted by atomic mass is 10.2. The molecule has 3 heteroatoms. The van der Waals surface area contributed by atoms with Gasteiger partial charge in [-0.25, -0.2) is 0 Å². The van der Waals surface area contributed by atoms with E-state index in [9.17, 15) is 4.79 Å². The van der Waals surface area contributed by atoms with Crippen LogP contribution >= 0.6 is 0 Å². The van der Waals surface area contributed by atoms with Gasteiger partial charge in [0.25, 0.3) is 0 Å². The molecule has 60 valence electrons. The van der Waals surface area contributed by atoms with E-state index in [0.717, 1.165) is 0 Å². The second-order valence-electron chi connectivity index (χ2n) is 2.62. The molecule has 10 heavy (non-hydrogen) atoms. The fraction of sp³-hybridized carbons (Fsp3) is 0.857. The van der Waals surface area contributed by atoms with E-state index in [1.807, 2.05) is 13.8 Å². The molecule has 0 radical (unpaired) electrons. The van der Waals surface area contributed by atoms with Crippen molar-refractivity contribution in [2.45, 2.75) is 32.9 Å². The average molecular weight is 146 g/mol. The maximum absolute atomic E-state index is 10.5. The minimum atomic E-state index is -0.869. The molecule has 0 spiro atoms. The number of aliphatic carboxylic acids is 1. The first-order valence-corrected chi connectivity index (χ1v) is 3.28. The summed E-state index contributed by atoms with van der Waals surface area (Å²) in [5.74, 6) is -0.869. The predicted octanol–water partition coefficient (Wildman–Crippen LogP) is 0.800. The highest BCUT2D eigenvalue weighted by Gasteiger charge is 2.18. The number of nitrogens with zero attached hydrogens (tertiary/aromatic N) is 1. The van der Waals surface area contributed by atoms with Gasteiger partial charge in [0.2, 0.25) is 0 Å². The van der Waals surface area contributed by atoms with Crippen molar-refractivity contribution < 1.29 is 11.3 Å². The first-order valence-electron chi connectivity index (χ1n) is 3.99. The molecule has 0 bridgehead atoms. The number of carboxylic acids is 1. The molecule has 0 saturated heterocycles. The van der Waals surface area contributed by atoms with Crippen molar-refractivity contribution in [1.29, 1.82) is 0 Å². The quantitative estimate of drug-likeness (QED) is 0.640. The van der Waals surface area contributed by atoms with Crippen molar-refractivity contribution in [2.75, 3.05) is 7.02 Å². The van der Waals surface area contributed by atoms with E-state index in [0.29, 0.717) is 0 Å². The molecule has 1 N–H and O–H groups in total. The second kappa shape index (κ2) is 3.56. The highest BCUT2D eigenvalue weighted by atomic mass is 16.4. The van der Waals surface area contributed by atoms with Crippen LogP contribution in [0.4, 0.5) is 0 Å². The zero-order chi connectivity index (χ0) is 9.02. The van der Waals surface area contributed by atoms with Crippen LogP contribution in [0.2, 0.25) is 0 Å². The SMILES string of the molecule is [2H]CN(C(C)C)[C@@H](C)C(=O)O. The van der Waals surface area contributed by atoms with E-state index < -0.39 is 12.0 Å². The van der Waals surface area contributed by atoms with Crippen molar-refractivity contribution in [3.63, 3.8) is 0 Å². The second-order valence-corrected chi connectivity index (χ2v) is 2.62. The molecule has 0 saturated carbocycles. The van der Waals surface area contributed by atoms with E-state index in [-0.39, 0.29) is 13.1 Å². The van der Waals surface area contributed by atoms with Crippen LogP contribution in [0.3, 0.4) is 0 Å². The monoisotopic (exact) mass is 146 g/mol. The summed E-state index contributed by atoms with van der Waals surface area (Å²) >= 11 is 0. The lowest BCUT2D eigenvalue weighted by Crippen LogP contribution is -2.40. The minimum Gasteiger partial charge on any atom is -0.480 e. The Morgan fingerprint density at radius 1 is 1.60 bits per heavy atom. The highest BCUT2D eigenvalue weighted by molar-refractivity contribution is 5.72. The van der Waals surface area contributed by atoms with E-state index in [2.05, 4.69) is 0 Å². The van der Waals surface area contributed by atoms with Crippen molar-refractivity contribution >= 4 is 5.97 Å². The van der Waals surface area contributed by atoms with Crippen LogP contribution < -0.4 is 0 Å². The van der Waals surface area contributed by atoms with E-state index in [1.54, 1.807) is 11.8 Å². The summed E-state index contributed by atoms with van der Waals surface area (Å²) < 4.78 is 7.08. The summed E-state index contributed by atoms with van der Waals surface area (Å²) in [6.45, 7) is 5.36. The lowest BCUT2D eigenvalue weighted by molar-refractivity contribution is -0.142. The standard InChI is InChI=1S/C7H15NO2/c1-5(2)8(4)6(3)7(9)10/h5-6H,1-4H3,(H,9,10)/t6-/m0/s1/i4D. The third-order valence-electron chi connectivity index (χ3n) is 1.52. The van der Waals surface area contributed by atoms with Gasteiger partial charge in [-0.05, 0) is 27.8 Å².